The van der Waals surface area contributed by atoms with Crippen molar-refractivity contribution in [2.75, 3.05) is 0 Å². The first-order chi connectivity index (χ1) is 10.1. The van der Waals surface area contributed by atoms with Gasteiger partial charge in [-0.3, -0.25) is 0 Å². The fourth-order valence-corrected chi connectivity index (χ4v) is 3.45. The molecule has 1 aliphatic carbocycles. The summed E-state index contributed by atoms with van der Waals surface area (Å²) in [5.74, 6) is 1.05. The summed E-state index contributed by atoms with van der Waals surface area (Å²) in [6.45, 7) is 7.00. The topological polar surface area (TPSA) is 25.2 Å². The molecule has 2 heteroatoms. The van der Waals surface area contributed by atoms with Crippen LogP contribution in [0.3, 0.4) is 0 Å². The standard InChI is InChI=1S/C19H25NO/c1-14(13-16-8-6-12-21-16)20-18-17-9-5-4-7-15(17)10-11-19(18,2)3/h4-9,12,14,18,20H,10-11,13H2,1-3H3. The lowest BCUT2D eigenvalue weighted by molar-refractivity contribution is 0.194. The van der Waals surface area contributed by atoms with Crippen molar-refractivity contribution < 1.29 is 4.42 Å². The molecule has 0 saturated heterocycles. The van der Waals surface area contributed by atoms with Gasteiger partial charge in [-0.15, -0.1) is 0 Å². The normalized spacial score (nSPS) is 21.8. The van der Waals surface area contributed by atoms with Crippen LogP contribution in [0, 0.1) is 5.41 Å². The smallest absolute Gasteiger partial charge is 0.105 e. The molecule has 0 aliphatic heterocycles. The molecule has 2 nitrogen and oxygen atoms in total. The van der Waals surface area contributed by atoms with E-state index in [9.17, 15) is 0 Å². The number of hydrogen-bond donors (Lipinski definition) is 1. The minimum atomic E-state index is 0.284. The van der Waals surface area contributed by atoms with Crippen molar-refractivity contribution in [3.63, 3.8) is 0 Å². The Labute approximate surface area is 127 Å². The lowest BCUT2D eigenvalue weighted by Gasteiger charge is -2.42. The summed E-state index contributed by atoms with van der Waals surface area (Å²) in [5, 5.41) is 3.84. The van der Waals surface area contributed by atoms with Gasteiger partial charge in [0.2, 0.25) is 0 Å². The van der Waals surface area contributed by atoms with Gasteiger partial charge in [-0.25, -0.2) is 0 Å². The molecule has 0 amide bonds. The molecule has 0 saturated carbocycles. The van der Waals surface area contributed by atoms with Gasteiger partial charge in [0.15, 0.2) is 0 Å². The van der Waals surface area contributed by atoms with E-state index >= 15 is 0 Å². The van der Waals surface area contributed by atoms with E-state index in [0.717, 1.165) is 12.2 Å². The second-order valence-corrected chi connectivity index (χ2v) is 6.97. The quantitative estimate of drug-likeness (QED) is 0.893. The number of rotatable bonds is 4. The minimum absolute atomic E-state index is 0.284. The van der Waals surface area contributed by atoms with Crippen molar-refractivity contribution in [2.24, 2.45) is 5.41 Å². The molecule has 3 rings (SSSR count). The molecule has 1 N–H and O–H groups in total. The van der Waals surface area contributed by atoms with Crippen LogP contribution in [-0.4, -0.2) is 6.04 Å². The fraction of sp³-hybridized carbons (Fsp3) is 0.474. The Balaban J connectivity index is 1.79. The number of nitrogens with one attached hydrogen (secondary N) is 1. The second kappa shape index (κ2) is 5.69. The predicted molar refractivity (Wildman–Crippen MR) is 86.3 cm³/mol. The lowest BCUT2D eigenvalue weighted by Crippen LogP contribution is -2.42. The third-order valence-electron chi connectivity index (χ3n) is 4.72. The van der Waals surface area contributed by atoms with Gasteiger partial charge < -0.3 is 9.73 Å². The molecule has 112 valence electrons. The van der Waals surface area contributed by atoms with Gasteiger partial charge in [0.1, 0.15) is 5.76 Å². The molecule has 0 radical (unpaired) electrons. The summed E-state index contributed by atoms with van der Waals surface area (Å²) in [6, 6.07) is 13.7. The molecule has 2 unspecified atom stereocenters. The molecular weight excluding hydrogens is 258 g/mol. The average molecular weight is 283 g/mol. The third kappa shape index (κ3) is 3.06. The van der Waals surface area contributed by atoms with Crippen LogP contribution in [0.1, 0.15) is 50.1 Å². The lowest BCUT2D eigenvalue weighted by atomic mass is 9.70. The van der Waals surface area contributed by atoms with E-state index in [2.05, 4.69) is 56.4 Å². The number of hydrogen-bond acceptors (Lipinski definition) is 2. The zero-order valence-corrected chi connectivity index (χ0v) is 13.2. The Kier molecular flexibility index (Phi) is 3.90. The number of benzene rings is 1. The largest absolute Gasteiger partial charge is 0.469 e. The average Bonchev–Trinajstić information content (AvgIpc) is 2.95. The highest BCUT2D eigenvalue weighted by Crippen LogP contribution is 2.43. The number of furan rings is 1. The first kappa shape index (κ1) is 14.4. The van der Waals surface area contributed by atoms with Gasteiger partial charge in [-0.05, 0) is 48.4 Å². The number of fused-ring (bicyclic) bond motifs is 1. The van der Waals surface area contributed by atoms with Crippen molar-refractivity contribution in [1.82, 2.24) is 5.32 Å². The van der Waals surface area contributed by atoms with Crippen LogP contribution in [-0.2, 0) is 12.8 Å². The summed E-state index contributed by atoms with van der Waals surface area (Å²) >= 11 is 0. The first-order valence-electron chi connectivity index (χ1n) is 7.92. The van der Waals surface area contributed by atoms with E-state index in [1.165, 1.54) is 24.0 Å². The second-order valence-electron chi connectivity index (χ2n) is 6.97. The Morgan fingerprint density at radius 2 is 2.05 bits per heavy atom. The van der Waals surface area contributed by atoms with Crippen molar-refractivity contribution in [3.05, 3.63) is 59.5 Å². The van der Waals surface area contributed by atoms with Crippen LogP contribution in [0.5, 0.6) is 0 Å². The Bertz CT molecular complexity index is 585. The van der Waals surface area contributed by atoms with E-state index in [0.29, 0.717) is 12.1 Å². The highest BCUT2D eigenvalue weighted by molar-refractivity contribution is 5.34. The van der Waals surface area contributed by atoms with Gasteiger partial charge in [0.25, 0.3) is 0 Å². The van der Waals surface area contributed by atoms with Gasteiger partial charge in [0, 0.05) is 18.5 Å². The van der Waals surface area contributed by atoms with E-state index in [-0.39, 0.29) is 5.41 Å². The molecular formula is C19H25NO. The monoisotopic (exact) mass is 283 g/mol. The Morgan fingerprint density at radius 3 is 2.81 bits per heavy atom. The van der Waals surface area contributed by atoms with Crippen LogP contribution in [0.15, 0.2) is 47.1 Å². The maximum Gasteiger partial charge on any atom is 0.105 e. The van der Waals surface area contributed by atoms with E-state index in [4.69, 9.17) is 4.42 Å². The van der Waals surface area contributed by atoms with Crippen LogP contribution >= 0.6 is 0 Å². The first-order valence-corrected chi connectivity index (χ1v) is 7.92. The molecule has 21 heavy (non-hydrogen) atoms. The van der Waals surface area contributed by atoms with Crippen molar-refractivity contribution in [1.29, 1.82) is 0 Å². The van der Waals surface area contributed by atoms with Gasteiger partial charge in [-0.1, -0.05) is 38.1 Å². The highest BCUT2D eigenvalue weighted by atomic mass is 16.3. The molecule has 2 atom stereocenters. The van der Waals surface area contributed by atoms with Crippen molar-refractivity contribution in [3.8, 4) is 0 Å². The van der Waals surface area contributed by atoms with Crippen LogP contribution in [0.4, 0.5) is 0 Å². The molecule has 2 aromatic rings. The summed E-state index contributed by atoms with van der Waals surface area (Å²) in [5.41, 5.74) is 3.26. The van der Waals surface area contributed by atoms with Gasteiger partial charge in [0.05, 0.1) is 6.26 Å². The summed E-state index contributed by atoms with van der Waals surface area (Å²) in [6.07, 6.45) is 5.10. The zero-order chi connectivity index (χ0) is 14.9. The SMILES string of the molecule is CC(Cc1ccco1)NC1c2ccccc2CCC1(C)C. The van der Waals surface area contributed by atoms with Crippen molar-refractivity contribution in [2.45, 2.75) is 52.1 Å². The predicted octanol–water partition coefficient (Wildman–Crippen LogP) is 4.51. The third-order valence-corrected chi connectivity index (χ3v) is 4.72. The van der Waals surface area contributed by atoms with E-state index < -0.39 is 0 Å². The van der Waals surface area contributed by atoms with Crippen LogP contribution < -0.4 is 5.32 Å². The summed E-state index contributed by atoms with van der Waals surface area (Å²) in [4.78, 5) is 0. The zero-order valence-electron chi connectivity index (χ0n) is 13.2. The molecule has 1 aromatic heterocycles. The Hall–Kier alpha value is -1.54. The fourth-order valence-electron chi connectivity index (χ4n) is 3.45. The summed E-state index contributed by atoms with van der Waals surface area (Å²) in [7, 11) is 0. The molecule has 1 aliphatic rings. The molecule has 1 aromatic carbocycles. The minimum Gasteiger partial charge on any atom is -0.469 e. The molecule has 0 bridgehead atoms. The van der Waals surface area contributed by atoms with Gasteiger partial charge >= 0.3 is 0 Å². The molecule has 1 heterocycles. The maximum absolute atomic E-state index is 5.47. The molecule has 0 spiro atoms. The van der Waals surface area contributed by atoms with E-state index in [1.807, 2.05) is 6.07 Å². The molecule has 0 fully saturated rings. The number of aryl methyl sites for hydroxylation is 1. The Morgan fingerprint density at radius 1 is 1.24 bits per heavy atom. The maximum atomic E-state index is 5.47. The summed E-state index contributed by atoms with van der Waals surface area (Å²) < 4.78 is 5.47. The van der Waals surface area contributed by atoms with E-state index in [1.54, 1.807) is 6.26 Å². The van der Waals surface area contributed by atoms with Gasteiger partial charge in [-0.2, -0.15) is 0 Å². The van der Waals surface area contributed by atoms with Crippen LogP contribution in [0.25, 0.3) is 0 Å². The highest BCUT2D eigenvalue weighted by Gasteiger charge is 2.36. The van der Waals surface area contributed by atoms with Crippen LogP contribution in [0.2, 0.25) is 0 Å². The van der Waals surface area contributed by atoms with Crippen molar-refractivity contribution >= 4 is 0 Å².